The third-order valence-corrected chi connectivity index (χ3v) is 11.3. The van der Waals surface area contributed by atoms with Crippen molar-refractivity contribution in [1.29, 1.82) is 5.26 Å². The second kappa shape index (κ2) is 12.4. The van der Waals surface area contributed by atoms with Gasteiger partial charge in [0.05, 0.1) is 17.0 Å². The highest BCUT2D eigenvalue weighted by Gasteiger charge is 2.51. The van der Waals surface area contributed by atoms with Gasteiger partial charge in [0, 0.05) is 33.2 Å². The van der Waals surface area contributed by atoms with Gasteiger partial charge in [-0.3, -0.25) is 0 Å². The van der Waals surface area contributed by atoms with Crippen molar-refractivity contribution in [3.8, 4) is 74.0 Å². The SMILES string of the molecule is N#Cc1ccc(-c2ccc3c(c2)C2(c4ccccc4Oc4ccccc42)c2cc(-c4nc(-c5ccccc5)nc(-c5ccccc5)n4)ccc2-3)c2ccccc12. The minimum atomic E-state index is -0.720. The van der Waals surface area contributed by atoms with Crippen LogP contribution in [0.15, 0.2) is 182 Å². The van der Waals surface area contributed by atoms with Gasteiger partial charge in [-0.15, -0.1) is 0 Å². The summed E-state index contributed by atoms with van der Waals surface area (Å²) in [6.45, 7) is 0. The number of ether oxygens (including phenoxy) is 1. The van der Waals surface area contributed by atoms with E-state index >= 15 is 0 Å². The highest BCUT2D eigenvalue weighted by Crippen LogP contribution is 2.62. The van der Waals surface area contributed by atoms with Gasteiger partial charge in [-0.1, -0.05) is 152 Å². The highest BCUT2D eigenvalue weighted by atomic mass is 16.5. The Balaban J connectivity index is 1.19. The van der Waals surface area contributed by atoms with Crippen LogP contribution in [0.1, 0.15) is 27.8 Å². The number of fused-ring (bicyclic) bond motifs is 10. The summed E-state index contributed by atoms with van der Waals surface area (Å²) in [5.41, 5.74) is 11.6. The molecule has 1 aliphatic heterocycles. The van der Waals surface area contributed by atoms with Gasteiger partial charge in [-0.2, -0.15) is 5.26 Å². The van der Waals surface area contributed by atoms with E-state index in [4.69, 9.17) is 19.7 Å². The van der Waals surface area contributed by atoms with Crippen molar-refractivity contribution < 1.29 is 4.74 Å². The summed E-state index contributed by atoms with van der Waals surface area (Å²) in [6.07, 6.45) is 0. The van der Waals surface area contributed by atoms with Gasteiger partial charge in [-0.25, -0.2) is 15.0 Å². The van der Waals surface area contributed by atoms with Crippen LogP contribution in [0.3, 0.4) is 0 Å². The lowest BCUT2D eigenvalue weighted by molar-refractivity contribution is 0.436. The van der Waals surface area contributed by atoms with E-state index in [9.17, 15) is 5.26 Å². The molecule has 0 saturated carbocycles. The van der Waals surface area contributed by atoms with Gasteiger partial charge in [0.15, 0.2) is 17.5 Å². The molecule has 260 valence electrons. The van der Waals surface area contributed by atoms with Gasteiger partial charge in [0.2, 0.25) is 0 Å². The molecule has 9 aromatic rings. The molecule has 0 radical (unpaired) electrons. The molecule has 2 aliphatic rings. The molecule has 1 aliphatic carbocycles. The number of para-hydroxylation sites is 2. The van der Waals surface area contributed by atoms with Crippen LogP contribution in [0.25, 0.3) is 67.2 Å². The Hall–Kier alpha value is -7.68. The lowest BCUT2D eigenvalue weighted by atomic mass is 9.65. The third kappa shape index (κ3) is 4.70. The van der Waals surface area contributed by atoms with Crippen molar-refractivity contribution in [2.75, 3.05) is 0 Å². The summed E-state index contributed by atoms with van der Waals surface area (Å²) in [5.74, 6) is 3.48. The fraction of sp³-hybridized carbons (Fsp3) is 0.0196. The molecule has 0 bridgehead atoms. The zero-order valence-electron chi connectivity index (χ0n) is 30.0. The Kier molecular flexibility index (Phi) is 7.07. The maximum Gasteiger partial charge on any atom is 0.164 e. The van der Waals surface area contributed by atoms with Crippen molar-refractivity contribution in [2.45, 2.75) is 5.41 Å². The number of nitrogens with zero attached hydrogens (tertiary/aromatic N) is 4. The molecule has 5 nitrogen and oxygen atoms in total. The van der Waals surface area contributed by atoms with Crippen LogP contribution in [0.4, 0.5) is 0 Å². The molecule has 5 heteroatoms. The normalized spacial score (nSPS) is 12.9. The minimum Gasteiger partial charge on any atom is -0.457 e. The lowest BCUT2D eigenvalue weighted by Crippen LogP contribution is -2.32. The number of hydrogen-bond donors (Lipinski definition) is 0. The van der Waals surface area contributed by atoms with Crippen LogP contribution in [0.5, 0.6) is 11.5 Å². The van der Waals surface area contributed by atoms with E-state index in [1.165, 1.54) is 5.56 Å². The van der Waals surface area contributed by atoms with Crippen molar-refractivity contribution in [1.82, 2.24) is 15.0 Å². The summed E-state index contributed by atoms with van der Waals surface area (Å²) >= 11 is 0. The molecular weight excluding hydrogens is 685 g/mol. The molecule has 2 heterocycles. The summed E-state index contributed by atoms with van der Waals surface area (Å²) in [7, 11) is 0. The summed E-state index contributed by atoms with van der Waals surface area (Å²) in [6, 6.07) is 65.0. The maximum atomic E-state index is 9.95. The molecule has 0 atom stereocenters. The van der Waals surface area contributed by atoms with Gasteiger partial charge in [0.1, 0.15) is 11.5 Å². The molecule has 8 aromatic carbocycles. The van der Waals surface area contributed by atoms with E-state index in [-0.39, 0.29) is 0 Å². The fourth-order valence-corrected chi connectivity index (χ4v) is 8.79. The predicted molar refractivity (Wildman–Crippen MR) is 221 cm³/mol. The van der Waals surface area contributed by atoms with Crippen molar-refractivity contribution >= 4 is 10.8 Å². The minimum absolute atomic E-state index is 0.602. The molecular formula is C51H30N4O. The first-order valence-electron chi connectivity index (χ1n) is 18.7. The zero-order valence-corrected chi connectivity index (χ0v) is 30.0. The number of nitriles is 1. The van der Waals surface area contributed by atoms with Gasteiger partial charge >= 0.3 is 0 Å². The first-order chi connectivity index (χ1) is 27.7. The van der Waals surface area contributed by atoms with E-state index in [0.29, 0.717) is 23.0 Å². The largest absolute Gasteiger partial charge is 0.457 e. The van der Waals surface area contributed by atoms with Crippen molar-refractivity contribution in [3.63, 3.8) is 0 Å². The molecule has 0 fully saturated rings. The summed E-state index contributed by atoms with van der Waals surface area (Å²) in [5, 5.41) is 11.9. The zero-order chi connectivity index (χ0) is 37.2. The first-order valence-corrected chi connectivity index (χ1v) is 18.7. The standard InChI is InChI=1S/C51H30N4O/c52-31-36-25-26-38(39-18-8-7-17-37(36)39)34-23-27-40-41-28-24-35(50-54-48(32-13-3-1-4-14-32)53-49(55-50)33-15-5-2-6-16-33)30-45(41)51(44(40)29-34)42-19-9-11-21-46(42)56-47-22-12-10-20-43(47)51/h1-30H. The topological polar surface area (TPSA) is 71.7 Å². The Labute approximate surface area is 323 Å². The van der Waals surface area contributed by atoms with Crippen LogP contribution < -0.4 is 4.74 Å². The first kappa shape index (κ1) is 31.8. The third-order valence-electron chi connectivity index (χ3n) is 11.3. The van der Waals surface area contributed by atoms with Crippen LogP contribution in [0, 0.1) is 11.3 Å². The molecule has 0 amide bonds. The average molecular weight is 715 g/mol. The van der Waals surface area contributed by atoms with Gasteiger partial charge < -0.3 is 4.74 Å². The van der Waals surface area contributed by atoms with Crippen molar-refractivity contribution in [2.24, 2.45) is 0 Å². The molecule has 11 rings (SSSR count). The Morgan fingerprint density at radius 3 is 1.45 bits per heavy atom. The molecule has 56 heavy (non-hydrogen) atoms. The average Bonchev–Trinajstić information content (AvgIpc) is 3.55. The maximum absolute atomic E-state index is 9.95. The fourth-order valence-electron chi connectivity index (χ4n) is 8.79. The van der Waals surface area contributed by atoms with E-state index in [1.54, 1.807) is 0 Å². The van der Waals surface area contributed by atoms with Crippen LogP contribution >= 0.6 is 0 Å². The van der Waals surface area contributed by atoms with E-state index in [2.05, 4.69) is 91.0 Å². The summed E-state index contributed by atoms with van der Waals surface area (Å²) in [4.78, 5) is 15.2. The Morgan fingerprint density at radius 2 is 0.857 bits per heavy atom. The van der Waals surface area contributed by atoms with Crippen LogP contribution in [0.2, 0.25) is 0 Å². The van der Waals surface area contributed by atoms with E-state index in [1.807, 2.05) is 97.1 Å². The molecule has 0 N–H and O–H groups in total. The number of rotatable bonds is 4. The highest BCUT2D eigenvalue weighted by molar-refractivity contribution is 6.01. The molecule has 1 spiro atoms. The number of aromatic nitrogens is 3. The molecule has 0 unspecified atom stereocenters. The molecule has 1 aromatic heterocycles. The van der Waals surface area contributed by atoms with Crippen molar-refractivity contribution in [3.05, 3.63) is 210 Å². The quantitative estimate of drug-likeness (QED) is 0.181. The summed E-state index contributed by atoms with van der Waals surface area (Å²) < 4.78 is 6.67. The van der Waals surface area contributed by atoms with Gasteiger partial charge in [-0.05, 0) is 69.1 Å². The Bertz CT molecular complexity index is 2970. The van der Waals surface area contributed by atoms with Crippen LogP contribution in [-0.4, -0.2) is 15.0 Å². The monoisotopic (exact) mass is 714 g/mol. The number of benzene rings is 8. The second-order valence-corrected chi connectivity index (χ2v) is 14.2. The second-order valence-electron chi connectivity index (χ2n) is 14.2. The predicted octanol–water partition coefficient (Wildman–Crippen LogP) is 12.0. The van der Waals surface area contributed by atoms with Crippen LogP contribution in [-0.2, 0) is 5.41 Å². The van der Waals surface area contributed by atoms with E-state index in [0.717, 1.165) is 77.9 Å². The lowest BCUT2D eigenvalue weighted by Gasteiger charge is -2.39. The number of hydrogen-bond acceptors (Lipinski definition) is 5. The Morgan fingerprint density at radius 1 is 0.393 bits per heavy atom. The smallest absolute Gasteiger partial charge is 0.164 e. The van der Waals surface area contributed by atoms with Gasteiger partial charge in [0.25, 0.3) is 0 Å². The van der Waals surface area contributed by atoms with E-state index < -0.39 is 5.41 Å². The molecule has 0 saturated heterocycles.